The average Bonchev–Trinajstić information content (AvgIpc) is 3.17. The van der Waals surface area contributed by atoms with Crippen molar-refractivity contribution in [2.24, 2.45) is 0 Å². The lowest BCUT2D eigenvalue weighted by atomic mass is 9.94. The lowest BCUT2D eigenvalue weighted by Gasteiger charge is -2.12. The van der Waals surface area contributed by atoms with E-state index in [2.05, 4.69) is 15.4 Å². The first-order chi connectivity index (χ1) is 14.3. The number of benzene rings is 2. The molecule has 1 atom stereocenters. The number of nitriles is 1. The molecule has 0 saturated carbocycles. The molecule has 1 N–H and O–H groups in total. The second-order valence-electron chi connectivity index (χ2n) is 7.49. The minimum absolute atomic E-state index is 0.0137. The molecule has 1 aromatic heterocycles. The number of ether oxygens (including phenoxy) is 1. The minimum Gasteiger partial charge on any atom is -0.490 e. The summed E-state index contributed by atoms with van der Waals surface area (Å²) in [5, 5.41) is 19.2. The maximum absolute atomic E-state index is 11.0. The molecule has 1 heterocycles. The van der Waals surface area contributed by atoms with Gasteiger partial charge in [-0.25, -0.2) is 4.98 Å². The Hall–Kier alpha value is -3.24. The molecular weight excluding hydrogens is 398 g/mol. The highest BCUT2D eigenvalue weighted by Crippen LogP contribution is 2.32. The van der Waals surface area contributed by atoms with Crippen LogP contribution in [0.3, 0.4) is 0 Å². The van der Waals surface area contributed by atoms with Gasteiger partial charge in [0.25, 0.3) is 0 Å². The summed E-state index contributed by atoms with van der Waals surface area (Å²) in [4.78, 5) is 15.6. The fourth-order valence-corrected chi connectivity index (χ4v) is 3.85. The van der Waals surface area contributed by atoms with Gasteiger partial charge in [0.2, 0.25) is 0 Å². The van der Waals surface area contributed by atoms with E-state index < -0.39 is 5.97 Å². The highest BCUT2D eigenvalue weighted by Gasteiger charge is 2.16. The van der Waals surface area contributed by atoms with E-state index in [-0.39, 0.29) is 18.4 Å². The maximum Gasteiger partial charge on any atom is 0.303 e. The van der Waals surface area contributed by atoms with Gasteiger partial charge in [0.1, 0.15) is 16.8 Å². The third kappa shape index (κ3) is 4.84. The Bertz CT molecular complexity index is 1120. The smallest absolute Gasteiger partial charge is 0.303 e. The van der Waals surface area contributed by atoms with Crippen molar-refractivity contribution in [3.63, 3.8) is 0 Å². The van der Waals surface area contributed by atoms with Crippen molar-refractivity contribution in [2.45, 2.75) is 46.1 Å². The van der Waals surface area contributed by atoms with Crippen LogP contribution >= 0.6 is 11.5 Å². The summed E-state index contributed by atoms with van der Waals surface area (Å²) >= 11 is 1.27. The van der Waals surface area contributed by atoms with Gasteiger partial charge >= 0.3 is 5.97 Å². The van der Waals surface area contributed by atoms with Crippen molar-refractivity contribution < 1.29 is 14.6 Å². The van der Waals surface area contributed by atoms with Gasteiger partial charge in [0.15, 0.2) is 5.82 Å². The Morgan fingerprint density at radius 2 is 2.00 bits per heavy atom. The van der Waals surface area contributed by atoms with Crippen LogP contribution in [0.25, 0.3) is 22.0 Å². The highest BCUT2D eigenvalue weighted by atomic mass is 32.1. The van der Waals surface area contributed by atoms with E-state index in [1.165, 1.54) is 11.5 Å². The summed E-state index contributed by atoms with van der Waals surface area (Å²) in [6.07, 6.45) is 0.0792. The summed E-state index contributed by atoms with van der Waals surface area (Å²) in [5.74, 6) is 0.302. The second kappa shape index (κ2) is 9.06. The molecule has 0 bridgehead atoms. The number of aromatic nitrogens is 2. The summed E-state index contributed by atoms with van der Waals surface area (Å²) in [6.45, 7) is 7.71. The van der Waals surface area contributed by atoms with Gasteiger partial charge in [-0.05, 0) is 67.5 Å². The Labute approximate surface area is 180 Å². The maximum atomic E-state index is 11.0. The standard InChI is InChI=1S/C23H23N3O3S/c1-13(2)29-20-8-6-17(11-18(20)12-24)23-25-22(26-30-23)19-7-5-16(9-15(19)4)14(3)10-21(27)28/h5-9,11,13-14H,10H2,1-4H3,(H,27,28). The van der Waals surface area contributed by atoms with Crippen LogP contribution in [-0.4, -0.2) is 26.5 Å². The van der Waals surface area contributed by atoms with Crippen LogP contribution < -0.4 is 4.74 Å². The van der Waals surface area contributed by atoms with Crippen molar-refractivity contribution in [3.8, 4) is 33.8 Å². The van der Waals surface area contributed by atoms with E-state index >= 15 is 0 Å². The molecule has 0 aliphatic carbocycles. The second-order valence-corrected chi connectivity index (χ2v) is 8.24. The number of carbonyl (C=O) groups is 1. The molecule has 30 heavy (non-hydrogen) atoms. The van der Waals surface area contributed by atoms with E-state index in [4.69, 9.17) is 9.84 Å². The number of aliphatic carboxylic acids is 1. The van der Waals surface area contributed by atoms with Crippen LogP contribution in [0.5, 0.6) is 5.75 Å². The van der Waals surface area contributed by atoms with Gasteiger partial charge in [-0.15, -0.1) is 0 Å². The van der Waals surface area contributed by atoms with Crippen LogP contribution in [-0.2, 0) is 4.79 Å². The fourth-order valence-electron chi connectivity index (χ4n) is 3.18. The topological polar surface area (TPSA) is 96.1 Å². The number of aryl methyl sites for hydroxylation is 1. The van der Waals surface area contributed by atoms with E-state index in [1.54, 1.807) is 12.1 Å². The van der Waals surface area contributed by atoms with Crippen molar-refractivity contribution in [1.29, 1.82) is 5.26 Å². The van der Waals surface area contributed by atoms with Gasteiger partial charge in [-0.1, -0.05) is 25.1 Å². The summed E-state index contributed by atoms with van der Waals surface area (Å²) in [5.41, 5.74) is 4.16. The number of hydrogen-bond acceptors (Lipinski definition) is 6. The highest BCUT2D eigenvalue weighted by molar-refractivity contribution is 7.09. The van der Waals surface area contributed by atoms with Gasteiger partial charge in [-0.2, -0.15) is 9.64 Å². The number of nitrogens with zero attached hydrogens (tertiary/aromatic N) is 3. The third-order valence-corrected chi connectivity index (χ3v) is 5.44. The fraction of sp³-hybridized carbons (Fsp3) is 0.304. The Kier molecular flexibility index (Phi) is 6.48. The molecule has 3 aromatic rings. The lowest BCUT2D eigenvalue weighted by Crippen LogP contribution is -2.06. The summed E-state index contributed by atoms with van der Waals surface area (Å²) in [7, 11) is 0. The monoisotopic (exact) mass is 421 g/mol. The first kappa shape index (κ1) is 21.5. The zero-order valence-electron chi connectivity index (χ0n) is 17.3. The molecule has 2 aromatic carbocycles. The van der Waals surface area contributed by atoms with E-state index in [9.17, 15) is 10.1 Å². The van der Waals surface area contributed by atoms with Crippen LogP contribution in [0.4, 0.5) is 0 Å². The molecule has 0 aliphatic rings. The number of carboxylic acid groups (broad SMARTS) is 1. The quantitative estimate of drug-likeness (QED) is 0.547. The minimum atomic E-state index is -0.809. The molecule has 0 amide bonds. The van der Waals surface area contributed by atoms with Crippen LogP contribution in [0.15, 0.2) is 36.4 Å². The Morgan fingerprint density at radius 1 is 1.23 bits per heavy atom. The first-order valence-electron chi connectivity index (χ1n) is 9.66. The molecule has 0 radical (unpaired) electrons. The summed E-state index contributed by atoms with van der Waals surface area (Å²) < 4.78 is 10.2. The van der Waals surface area contributed by atoms with Crippen molar-refractivity contribution in [2.75, 3.05) is 0 Å². The molecule has 0 aliphatic heterocycles. The molecule has 1 unspecified atom stereocenters. The van der Waals surface area contributed by atoms with Gasteiger partial charge in [-0.3, -0.25) is 4.79 Å². The van der Waals surface area contributed by atoms with Crippen LogP contribution in [0.2, 0.25) is 0 Å². The zero-order chi connectivity index (χ0) is 21.8. The molecule has 0 spiro atoms. The molecule has 0 fully saturated rings. The molecule has 3 rings (SSSR count). The van der Waals surface area contributed by atoms with Crippen molar-refractivity contribution in [3.05, 3.63) is 53.1 Å². The SMILES string of the molecule is Cc1cc(C(C)CC(=O)O)ccc1-c1nsc(-c2ccc(OC(C)C)c(C#N)c2)n1. The normalized spacial score (nSPS) is 11.9. The zero-order valence-corrected chi connectivity index (χ0v) is 18.2. The molecule has 0 saturated heterocycles. The number of hydrogen-bond donors (Lipinski definition) is 1. The van der Waals surface area contributed by atoms with E-state index in [0.29, 0.717) is 17.1 Å². The van der Waals surface area contributed by atoms with Gasteiger partial charge in [0, 0.05) is 11.1 Å². The average molecular weight is 422 g/mol. The first-order valence-corrected chi connectivity index (χ1v) is 10.4. The van der Waals surface area contributed by atoms with Gasteiger partial charge in [0.05, 0.1) is 18.1 Å². The lowest BCUT2D eigenvalue weighted by molar-refractivity contribution is -0.137. The van der Waals surface area contributed by atoms with E-state index in [1.807, 2.05) is 52.0 Å². The largest absolute Gasteiger partial charge is 0.490 e. The molecular formula is C23H23N3O3S. The van der Waals surface area contributed by atoms with E-state index in [0.717, 1.165) is 27.3 Å². The molecule has 6 nitrogen and oxygen atoms in total. The predicted octanol–water partition coefficient (Wildman–Crippen LogP) is 5.42. The Balaban J connectivity index is 1.88. The summed E-state index contributed by atoms with van der Waals surface area (Å²) in [6, 6.07) is 13.5. The van der Waals surface area contributed by atoms with Gasteiger partial charge < -0.3 is 9.84 Å². The predicted molar refractivity (Wildman–Crippen MR) is 117 cm³/mol. The Morgan fingerprint density at radius 3 is 2.63 bits per heavy atom. The van der Waals surface area contributed by atoms with Crippen molar-refractivity contribution >= 4 is 17.5 Å². The van der Waals surface area contributed by atoms with Crippen molar-refractivity contribution in [1.82, 2.24) is 9.36 Å². The molecule has 7 heteroatoms. The number of carboxylic acids is 1. The van der Waals surface area contributed by atoms with Crippen LogP contribution in [0.1, 0.15) is 49.8 Å². The van der Waals surface area contributed by atoms with Crippen LogP contribution in [0, 0.1) is 18.3 Å². The third-order valence-electron chi connectivity index (χ3n) is 4.68. The number of rotatable bonds is 7. The molecule has 154 valence electrons.